The summed E-state index contributed by atoms with van der Waals surface area (Å²) in [6, 6.07) is 5.34. The van der Waals surface area contributed by atoms with Crippen molar-refractivity contribution in [2.24, 2.45) is 0 Å². The average molecular weight is 340 g/mol. The topological polar surface area (TPSA) is 78.1 Å². The van der Waals surface area contributed by atoms with E-state index in [-0.39, 0.29) is 16.9 Å². The van der Waals surface area contributed by atoms with Crippen molar-refractivity contribution in [3.05, 3.63) is 57.6 Å². The lowest BCUT2D eigenvalue weighted by atomic mass is 10.2. The van der Waals surface area contributed by atoms with E-state index < -0.39 is 0 Å². The SMILES string of the molecule is Cc1cc(=O)c(C(=O)NCc2ccnc(N3CCCCCC3)c2)c[nH]1. The molecule has 0 bridgehead atoms. The van der Waals surface area contributed by atoms with Crippen LogP contribution >= 0.6 is 0 Å². The number of nitrogens with one attached hydrogen (secondary N) is 2. The largest absolute Gasteiger partial charge is 0.364 e. The van der Waals surface area contributed by atoms with Crippen molar-refractivity contribution in [1.82, 2.24) is 15.3 Å². The smallest absolute Gasteiger partial charge is 0.257 e. The predicted octanol–water partition coefficient (Wildman–Crippen LogP) is 2.39. The summed E-state index contributed by atoms with van der Waals surface area (Å²) in [5.74, 6) is 0.594. The summed E-state index contributed by atoms with van der Waals surface area (Å²) in [5, 5.41) is 2.81. The maximum absolute atomic E-state index is 12.2. The highest BCUT2D eigenvalue weighted by Crippen LogP contribution is 2.18. The van der Waals surface area contributed by atoms with Crippen molar-refractivity contribution in [2.75, 3.05) is 18.0 Å². The van der Waals surface area contributed by atoms with Crippen LogP contribution in [0.15, 0.2) is 35.4 Å². The van der Waals surface area contributed by atoms with E-state index in [1.54, 1.807) is 13.1 Å². The Morgan fingerprint density at radius 1 is 1.24 bits per heavy atom. The Kier molecular flexibility index (Phi) is 5.48. The lowest BCUT2D eigenvalue weighted by Crippen LogP contribution is -2.29. The van der Waals surface area contributed by atoms with E-state index in [1.807, 2.05) is 12.1 Å². The summed E-state index contributed by atoms with van der Waals surface area (Å²) in [6.45, 7) is 4.21. The number of carbonyl (C=O) groups is 1. The molecule has 0 radical (unpaired) electrons. The van der Waals surface area contributed by atoms with Gasteiger partial charge in [-0.05, 0) is 37.5 Å². The molecular weight excluding hydrogens is 316 g/mol. The average Bonchev–Trinajstić information content (AvgIpc) is 2.89. The monoisotopic (exact) mass is 340 g/mol. The fourth-order valence-corrected chi connectivity index (χ4v) is 3.07. The maximum atomic E-state index is 12.2. The van der Waals surface area contributed by atoms with Crippen LogP contribution in [0.2, 0.25) is 0 Å². The highest BCUT2D eigenvalue weighted by molar-refractivity contribution is 5.93. The third kappa shape index (κ3) is 4.47. The van der Waals surface area contributed by atoms with Gasteiger partial charge < -0.3 is 15.2 Å². The minimum absolute atomic E-state index is 0.132. The maximum Gasteiger partial charge on any atom is 0.257 e. The van der Waals surface area contributed by atoms with E-state index in [1.165, 1.54) is 37.9 Å². The normalized spacial score (nSPS) is 14.8. The number of aromatic nitrogens is 2. The molecule has 3 rings (SSSR count). The van der Waals surface area contributed by atoms with Gasteiger partial charge in [-0.2, -0.15) is 0 Å². The number of amides is 1. The standard InChI is InChI=1S/C19H24N4O2/c1-14-10-17(24)16(13-21-14)19(25)22-12-15-6-7-20-18(11-15)23-8-4-2-3-5-9-23/h6-7,10-11,13H,2-5,8-9,12H2,1H3,(H,21,24)(H,22,25). The highest BCUT2D eigenvalue weighted by atomic mass is 16.2. The number of hydrogen-bond donors (Lipinski definition) is 2. The summed E-state index contributed by atoms with van der Waals surface area (Å²) < 4.78 is 0. The molecule has 6 heteroatoms. The number of nitrogens with zero attached hydrogens (tertiary/aromatic N) is 2. The van der Waals surface area contributed by atoms with Gasteiger partial charge >= 0.3 is 0 Å². The second-order valence-electron chi connectivity index (χ2n) is 6.50. The molecule has 6 nitrogen and oxygen atoms in total. The fraction of sp³-hybridized carbons (Fsp3) is 0.421. The van der Waals surface area contributed by atoms with Gasteiger partial charge in [-0.1, -0.05) is 12.8 Å². The van der Waals surface area contributed by atoms with Crippen molar-refractivity contribution in [1.29, 1.82) is 0 Å². The molecule has 0 aliphatic carbocycles. The van der Waals surface area contributed by atoms with Crippen molar-refractivity contribution in [3.8, 4) is 0 Å². The fourth-order valence-electron chi connectivity index (χ4n) is 3.07. The van der Waals surface area contributed by atoms with E-state index in [9.17, 15) is 9.59 Å². The van der Waals surface area contributed by atoms with Crippen LogP contribution in [0.1, 0.15) is 47.3 Å². The van der Waals surface area contributed by atoms with Gasteiger partial charge in [-0.25, -0.2) is 4.98 Å². The molecule has 0 aromatic carbocycles. The molecule has 0 unspecified atom stereocenters. The molecule has 1 aliphatic rings. The first-order valence-corrected chi connectivity index (χ1v) is 8.81. The van der Waals surface area contributed by atoms with E-state index in [0.29, 0.717) is 6.54 Å². The number of anilines is 1. The first-order valence-electron chi connectivity index (χ1n) is 8.81. The summed E-state index contributed by atoms with van der Waals surface area (Å²) in [4.78, 5) is 33.8. The minimum Gasteiger partial charge on any atom is -0.364 e. The molecule has 1 amide bonds. The molecule has 2 N–H and O–H groups in total. The Morgan fingerprint density at radius 3 is 2.72 bits per heavy atom. The third-order valence-electron chi connectivity index (χ3n) is 4.49. The number of rotatable bonds is 4. The number of aromatic amines is 1. The van der Waals surface area contributed by atoms with Gasteiger partial charge in [-0.3, -0.25) is 9.59 Å². The second-order valence-corrected chi connectivity index (χ2v) is 6.50. The predicted molar refractivity (Wildman–Crippen MR) is 97.9 cm³/mol. The Labute approximate surface area is 147 Å². The van der Waals surface area contributed by atoms with Crippen LogP contribution in [0.4, 0.5) is 5.82 Å². The Balaban J connectivity index is 1.65. The van der Waals surface area contributed by atoms with E-state index in [4.69, 9.17) is 0 Å². The molecule has 25 heavy (non-hydrogen) atoms. The zero-order chi connectivity index (χ0) is 17.6. The van der Waals surface area contributed by atoms with Gasteiger partial charge in [0.2, 0.25) is 0 Å². The van der Waals surface area contributed by atoms with Gasteiger partial charge in [0, 0.05) is 43.8 Å². The van der Waals surface area contributed by atoms with Crippen LogP contribution in [0.3, 0.4) is 0 Å². The lowest BCUT2D eigenvalue weighted by Gasteiger charge is -2.21. The summed E-state index contributed by atoms with van der Waals surface area (Å²) in [5.41, 5.74) is 1.57. The number of carbonyl (C=O) groups excluding carboxylic acids is 1. The Bertz CT molecular complexity index is 792. The molecule has 0 atom stereocenters. The van der Waals surface area contributed by atoms with Crippen molar-refractivity contribution >= 4 is 11.7 Å². The van der Waals surface area contributed by atoms with E-state index in [2.05, 4.69) is 20.2 Å². The second kappa shape index (κ2) is 7.96. The molecule has 0 saturated carbocycles. The number of pyridine rings is 2. The summed E-state index contributed by atoms with van der Waals surface area (Å²) in [7, 11) is 0. The molecule has 1 aliphatic heterocycles. The number of H-pyrrole nitrogens is 1. The first-order chi connectivity index (χ1) is 12.1. The number of hydrogen-bond acceptors (Lipinski definition) is 4. The molecule has 1 saturated heterocycles. The Hall–Kier alpha value is -2.63. The lowest BCUT2D eigenvalue weighted by molar-refractivity contribution is 0.0949. The zero-order valence-corrected chi connectivity index (χ0v) is 14.5. The Morgan fingerprint density at radius 2 is 2.00 bits per heavy atom. The van der Waals surface area contributed by atoms with Crippen molar-refractivity contribution in [2.45, 2.75) is 39.2 Å². The quantitative estimate of drug-likeness (QED) is 0.896. The van der Waals surface area contributed by atoms with Crippen LogP contribution in [0.5, 0.6) is 0 Å². The van der Waals surface area contributed by atoms with Gasteiger partial charge in [0.1, 0.15) is 11.4 Å². The summed E-state index contributed by atoms with van der Waals surface area (Å²) >= 11 is 0. The third-order valence-corrected chi connectivity index (χ3v) is 4.49. The molecule has 1 fully saturated rings. The van der Waals surface area contributed by atoms with Gasteiger partial charge in [0.25, 0.3) is 5.91 Å². The number of aryl methyl sites for hydroxylation is 1. The first kappa shape index (κ1) is 17.2. The minimum atomic E-state index is -0.366. The molecule has 132 valence electrons. The van der Waals surface area contributed by atoms with Crippen LogP contribution in [0, 0.1) is 6.92 Å². The van der Waals surface area contributed by atoms with Crippen LogP contribution in [-0.4, -0.2) is 29.0 Å². The van der Waals surface area contributed by atoms with Gasteiger partial charge in [0.15, 0.2) is 5.43 Å². The van der Waals surface area contributed by atoms with Crippen molar-refractivity contribution < 1.29 is 4.79 Å². The molecule has 2 aromatic heterocycles. The molecule has 2 aromatic rings. The van der Waals surface area contributed by atoms with Crippen molar-refractivity contribution in [3.63, 3.8) is 0 Å². The van der Waals surface area contributed by atoms with Gasteiger partial charge in [0.05, 0.1) is 0 Å². The van der Waals surface area contributed by atoms with Crippen LogP contribution in [-0.2, 0) is 6.54 Å². The van der Waals surface area contributed by atoms with E-state index in [0.717, 1.165) is 30.2 Å². The van der Waals surface area contributed by atoms with E-state index >= 15 is 0 Å². The highest BCUT2D eigenvalue weighted by Gasteiger charge is 2.13. The van der Waals surface area contributed by atoms with Crippen LogP contribution < -0.4 is 15.6 Å². The molecule has 3 heterocycles. The molecule has 0 spiro atoms. The summed E-state index contributed by atoms with van der Waals surface area (Å²) in [6.07, 6.45) is 8.18. The zero-order valence-electron chi connectivity index (χ0n) is 14.5. The van der Waals surface area contributed by atoms with Crippen LogP contribution in [0.25, 0.3) is 0 Å². The van der Waals surface area contributed by atoms with Gasteiger partial charge in [-0.15, -0.1) is 0 Å². The molecular formula is C19H24N4O2.